The van der Waals surface area contributed by atoms with Crippen molar-refractivity contribution in [2.45, 2.75) is 6.54 Å². The molecule has 0 bridgehead atoms. The minimum absolute atomic E-state index is 0.0318. The van der Waals surface area contributed by atoms with Gasteiger partial charge in [-0.15, -0.1) is 0 Å². The predicted octanol–water partition coefficient (Wildman–Crippen LogP) is 1.80. The van der Waals surface area contributed by atoms with Crippen molar-refractivity contribution >= 4 is 46.4 Å². The van der Waals surface area contributed by atoms with Crippen molar-refractivity contribution in [1.29, 1.82) is 0 Å². The molecule has 9 nitrogen and oxygen atoms in total. The number of urea groups is 1. The number of anilines is 1. The van der Waals surface area contributed by atoms with Crippen LogP contribution in [-0.4, -0.2) is 39.8 Å². The molecular weight excluding hydrogens is 417 g/mol. The summed E-state index contributed by atoms with van der Waals surface area (Å²) in [7, 11) is 0. The van der Waals surface area contributed by atoms with Gasteiger partial charge in [-0.05, 0) is 24.3 Å². The topological polar surface area (TPSA) is 127 Å². The van der Waals surface area contributed by atoms with Crippen molar-refractivity contribution in [2.24, 2.45) is 5.73 Å². The normalized spacial score (nSPS) is 14.8. The Labute approximate surface area is 181 Å². The van der Waals surface area contributed by atoms with Gasteiger partial charge in [-0.2, -0.15) is 0 Å². The number of nitrogens with one attached hydrogen (secondary N) is 2. The van der Waals surface area contributed by atoms with E-state index >= 15 is 0 Å². The van der Waals surface area contributed by atoms with Crippen LogP contribution in [0.25, 0.3) is 17.0 Å². The van der Waals surface area contributed by atoms with Crippen LogP contribution in [0.1, 0.15) is 5.56 Å². The van der Waals surface area contributed by atoms with Gasteiger partial charge in [0.1, 0.15) is 24.6 Å². The zero-order valence-corrected chi connectivity index (χ0v) is 16.7. The summed E-state index contributed by atoms with van der Waals surface area (Å²) in [5.74, 6) is -2.59. The number of primary amides is 1. The Morgan fingerprint density at radius 2 is 1.78 bits per heavy atom. The third kappa shape index (κ3) is 4.06. The molecule has 0 unspecified atom stereocenters. The Morgan fingerprint density at radius 1 is 1.06 bits per heavy atom. The second-order valence-electron chi connectivity index (χ2n) is 7.10. The number of nitrogens with two attached hydrogens (primary N) is 1. The van der Waals surface area contributed by atoms with Gasteiger partial charge in [0.25, 0.3) is 5.91 Å². The first-order valence-electron chi connectivity index (χ1n) is 9.58. The summed E-state index contributed by atoms with van der Waals surface area (Å²) in [6.07, 6.45) is 3.12. The van der Waals surface area contributed by atoms with Gasteiger partial charge in [0.05, 0.1) is 5.69 Å². The lowest BCUT2D eigenvalue weighted by Crippen LogP contribution is -2.38. The first-order chi connectivity index (χ1) is 15.3. The number of fused-ring (bicyclic) bond motifs is 1. The summed E-state index contributed by atoms with van der Waals surface area (Å²) in [6.45, 7) is -0.633. The fourth-order valence-electron chi connectivity index (χ4n) is 3.46. The third-order valence-electron chi connectivity index (χ3n) is 4.86. The molecule has 5 amide bonds. The van der Waals surface area contributed by atoms with Crippen LogP contribution in [-0.2, 0) is 20.9 Å². The summed E-state index contributed by atoms with van der Waals surface area (Å²) in [6, 6.07) is 12.0. The molecule has 162 valence electrons. The van der Waals surface area contributed by atoms with Crippen LogP contribution in [0.4, 0.5) is 14.9 Å². The number of carbonyl (C=O) groups excluding carboxylic acids is 4. The molecule has 4 rings (SSSR count). The summed E-state index contributed by atoms with van der Waals surface area (Å²) in [4.78, 5) is 49.4. The Hall–Kier alpha value is -4.47. The van der Waals surface area contributed by atoms with Gasteiger partial charge in [0, 0.05) is 22.7 Å². The molecule has 2 aromatic carbocycles. The minimum Gasteiger partial charge on any atom is -0.368 e. The highest BCUT2D eigenvalue weighted by Crippen LogP contribution is 2.24. The van der Waals surface area contributed by atoms with E-state index in [1.807, 2.05) is 0 Å². The van der Waals surface area contributed by atoms with Crippen LogP contribution in [0.15, 0.2) is 60.4 Å². The van der Waals surface area contributed by atoms with E-state index < -0.39 is 36.1 Å². The van der Waals surface area contributed by atoms with Gasteiger partial charge in [-0.1, -0.05) is 30.3 Å². The molecule has 32 heavy (non-hydrogen) atoms. The fourth-order valence-corrected chi connectivity index (χ4v) is 3.46. The van der Waals surface area contributed by atoms with Crippen molar-refractivity contribution in [1.82, 2.24) is 14.8 Å². The number of rotatable bonds is 6. The predicted molar refractivity (Wildman–Crippen MR) is 114 cm³/mol. The minimum atomic E-state index is -0.772. The van der Waals surface area contributed by atoms with Crippen LogP contribution < -0.4 is 16.4 Å². The molecule has 10 heteroatoms. The molecule has 1 aliphatic rings. The number of imide groups is 1. The summed E-state index contributed by atoms with van der Waals surface area (Å²) in [5, 5.41) is 5.52. The van der Waals surface area contributed by atoms with Crippen LogP contribution >= 0.6 is 0 Å². The van der Waals surface area contributed by atoms with Crippen molar-refractivity contribution in [3.05, 3.63) is 71.8 Å². The van der Waals surface area contributed by atoms with E-state index in [1.54, 1.807) is 41.1 Å². The van der Waals surface area contributed by atoms with Crippen LogP contribution in [0.3, 0.4) is 0 Å². The highest BCUT2D eigenvalue weighted by molar-refractivity contribution is 6.16. The molecule has 3 aromatic rings. The number of nitrogens with zero attached hydrogens (tertiary/aromatic N) is 2. The maximum absolute atomic E-state index is 13.7. The molecule has 0 aliphatic carbocycles. The fraction of sp³-hybridized carbons (Fsp3) is 0.0909. The Balaban J connectivity index is 1.56. The quantitative estimate of drug-likeness (QED) is 0.403. The monoisotopic (exact) mass is 435 g/mol. The van der Waals surface area contributed by atoms with E-state index in [0.717, 1.165) is 15.8 Å². The van der Waals surface area contributed by atoms with Gasteiger partial charge in [-0.3, -0.25) is 14.4 Å². The Morgan fingerprint density at radius 3 is 2.53 bits per heavy atom. The molecule has 1 aromatic heterocycles. The van der Waals surface area contributed by atoms with Gasteiger partial charge < -0.3 is 20.9 Å². The van der Waals surface area contributed by atoms with Crippen LogP contribution in [0.2, 0.25) is 0 Å². The maximum atomic E-state index is 13.7. The number of amides is 5. The molecule has 2 heterocycles. The number of hydrogen-bond acceptors (Lipinski definition) is 4. The van der Waals surface area contributed by atoms with E-state index in [0.29, 0.717) is 5.56 Å². The third-order valence-corrected chi connectivity index (χ3v) is 4.86. The Kier molecular flexibility index (Phi) is 5.42. The zero-order valence-electron chi connectivity index (χ0n) is 16.7. The SMILES string of the molecule is NC(=O)Cn1cc(C=C2NC(=O)N(CC(=O)Nc3ccccc3F)C2=O)c2ccccc21. The van der Waals surface area contributed by atoms with Crippen molar-refractivity contribution in [2.75, 3.05) is 11.9 Å². The largest absolute Gasteiger partial charge is 0.368 e. The molecule has 4 N–H and O–H groups in total. The summed E-state index contributed by atoms with van der Waals surface area (Å²) < 4.78 is 15.4. The lowest BCUT2D eigenvalue weighted by Gasteiger charge is -2.12. The van der Waals surface area contributed by atoms with Gasteiger partial charge in [0.15, 0.2) is 0 Å². The first kappa shape index (κ1) is 20.8. The molecule has 0 saturated carbocycles. The van der Waals surface area contributed by atoms with Crippen LogP contribution in [0.5, 0.6) is 0 Å². The number of halogens is 1. The van der Waals surface area contributed by atoms with E-state index in [9.17, 15) is 23.6 Å². The molecule has 1 saturated heterocycles. The molecule has 0 radical (unpaired) electrons. The maximum Gasteiger partial charge on any atom is 0.329 e. The summed E-state index contributed by atoms with van der Waals surface area (Å²) >= 11 is 0. The van der Waals surface area contributed by atoms with E-state index in [-0.39, 0.29) is 17.9 Å². The molecule has 1 fully saturated rings. The first-order valence-corrected chi connectivity index (χ1v) is 9.58. The van der Waals surface area contributed by atoms with Crippen molar-refractivity contribution in [3.8, 4) is 0 Å². The highest BCUT2D eigenvalue weighted by atomic mass is 19.1. The highest BCUT2D eigenvalue weighted by Gasteiger charge is 2.35. The average molecular weight is 435 g/mol. The Bertz CT molecular complexity index is 1300. The second kappa shape index (κ2) is 8.34. The van der Waals surface area contributed by atoms with E-state index in [2.05, 4.69) is 10.6 Å². The number of benzene rings is 2. The number of para-hydroxylation sites is 2. The van der Waals surface area contributed by atoms with Gasteiger partial charge in [-0.25, -0.2) is 14.1 Å². The van der Waals surface area contributed by atoms with Gasteiger partial charge in [0.2, 0.25) is 11.8 Å². The van der Waals surface area contributed by atoms with Crippen molar-refractivity contribution < 1.29 is 23.6 Å². The number of carbonyl (C=O) groups is 4. The standard InChI is InChI=1S/C22H18FN5O4/c23-15-6-2-3-7-16(15)25-20(30)12-28-21(31)17(26-22(28)32)9-13-10-27(11-19(24)29)18-8-4-1-5-14(13)18/h1-10H,11-12H2,(H2,24,29)(H,25,30)(H,26,32). The van der Waals surface area contributed by atoms with E-state index in [4.69, 9.17) is 5.73 Å². The molecular formula is C22H18FN5O4. The average Bonchev–Trinajstić information content (AvgIpc) is 3.22. The molecule has 1 aliphatic heterocycles. The molecule has 0 atom stereocenters. The van der Waals surface area contributed by atoms with Crippen LogP contribution in [0, 0.1) is 5.82 Å². The second-order valence-corrected chi connectivity index (χ2v) is 7.10. The lowest BCUT2D eigenvalue weighted by atomic mass is 10.1. The zero-order chi connectivity index (χ0) is 22.8. The van der Waals surface area contributed by atoms with Crippen molar-refractivity contribution in [3.63, 3.8) is 0 Å². The number of hydrogen-bond donors (Lipinski definition) is 3. The lowest BCUT2D eigenvalue weighted by molar-refractivity contribution is -0.127. The van der Waals surface area contributed by atoms with Gasteiger partial charge >= 0.3 is 6.03 Å². The molecule has 0 spiro atoms. The van der Waals surface area contributed by atoms with E-state index in [1.165, 1.54) is 24.3 Å². The summed E-state index contributed by atoms with van der Waals surface area (Å²) in [5.41, 5.74) is 6.54. The number of aromatic nitrogens is 1. The smallest absolute Gasteiger partial charge is 0.329 e.